The molecular formula is C31H45N3O4. The van der Waals surface area contributed by atoms with E-state index in [2.05, 4.69) is 51.6 Å². The SMILES string of the molecule is CC(=O)O[C@H]1CC[C@@]2(C)C(CC[C@@]3(C)C4CC[C@@]5(C(=O)N=[N+]=[N-])CC(=O)C(C(C)C)=C5[C@H]4CCC32)C1(C)C. The summed E-state index contributed by atoms with van der Waals surface area (Å²) < 4.78 is 5.85. The molecule has 0 heterocycles. The first kappa shape index (κ1) is 27.4. The Kier molecular flexibility index (Phi) is 6.45. The molecule has 38 heavy (non-hydrogen) atoms. The molecule has 5 aliphatic rings. The fourth-order valence-corrected chi connectivity index (χ4v) is 11.1. The van der Waals surface area contributed by atoms with Crippen LogP contribution < -0.4 is 0 Å². The van der Waals surface area contributed by atoms with Gasteiger partial charge in [0.05, 0.1) is 5.41 Å². The molecule has 7 heteroatoms. The molecular weight excluding hydrogens is 478 g/mol. The Balaban J connectivity index is 1.54. The quantitative estimate of drug-likeness (QED) is 0.167. The number of azide groups is 1. The van der Waals surface area contributed by atoms with Crippen molar-refractivity contribution in [3.05, 3.63) is 21.6 Å². The summed E-state index contributed by atoms with van der Waals surface area (Å²) >= 11 is 0. The van der Waals surface area contributed by atoms with Gasteiger partial charge in [-0.1, -0.05) is 41.5 Å². The monoisotopic (exact) mass is 523 g/mol. The van der Waals surface area contributed by atoms with Crippen LogP contribution in [0.2, 0.25) is 0 Å². The van der Waals surface area contributed by atoms with E-state index in [0.717, 1.165) is 56.1 Å². The van der Waals surface area contributed by atoms with Gasteiger partial charge in [-0.3, -0.25) is 14.4 Å². The summed E-state index contributed by atoms with van der Waals surface area (Å²) in [5, 5.41) is 3.57. The van der Waals surface area contributed by atoms with E-state index >= 15 is 0 Å². The summed E-state index contributed by atoms with van der Waals surface area (Å²) in [6.07, 6.45) is 7.87. The van der Waals surface area contributed by atoms with Crippen molar-refractivity contribution < 1.29 is 19.1 Å². The fraction of sp³-hybridized carbons (Fsp3) is 0.839. The lowest BCUT2D eigenvalue weighted by Crippen LogP contribution is -2.63. The molecule has 5 rings (SSSR count). The van der Waals surface area contributed by atoms with Gasteiger partial charge in [0.2, 0.25) is 5.91 Å². The van der Waals surface area contributed by atoms with E-state index in [1.165, 1.54) is 6.92 Å². The molecule has 0 aromatic heterocycles. The molecule has 0 saturated heterocycles. The van der Waals surface area contributed by atoms with Crippen LogP contribution in [0, 0.1) is 51.2 Å². The molecule has 0 spiro atoms. The van der Waals surface area contributed by atoms with Crippen molar-refractivity contribution in [2.75, 3.05) is 0 Å². The minimum atomic E-state index is -0.932. The molecule has 0 bridgehead atoms. The Bertz CT molecular complexity index is 1150. The maximum Gasteiger partial charge on any atom is 0.302 e. The predicted octanol–water partition coefficient (Wildman–Crippen LogP) is 7.35. The van der Waals surface area contributed by atoms with Crippen molar-refractivity contribution >= 4 is 17.7 Å². The molecule has 0 aromatic rings. The highest BCUT2D eigenvalue weighted by atomic mass is 16.5. The van der Waals surface area contributed by atoms with Gasteiger partial charge in [0, 0.05) is 23.7 Å². The van der Waals surface area contributed by atoms with Gasteiger partial charge in [0.25, 0.3) is 0 Å². The zero-order chi connectivity index (χ0) is 27.8. The Hall–Kier alpha value is -2.14. The minimum Gasteiger partial charge on any atom is -0.462 e. The molecule has 0 radical (unpaired) electrons. The normalized spacial score (nSPS) is 43.4. The van der Waals surface area contributed by atoms with Crippen LogP contribution >= 0.6 is 0 Å². The van der Waals surface area contributed by atoms with Crippen LogP contribution in [0.15, 0.2) is 16.3 Å². The number of hydrogen-bond acceptors (Lipinski definition) is 4. The van der Waals surface area contributed by atoms with E-state index in [1.54, 1.807) is 0 Å². The van der Waals surface area contributed by atoms with Crippen LogP contribution in [0.5, 0.6) is 0 Å². The highest BCUT2D eigenvalue weighted by Gasteiger charge is 2.67. The average molecular weight is 524 g/mol. The smallest absolute Gasteiger partial charge is 0.302 e. The van der Waals surface area contributed by atoms with Gasteiger partial charge in [-0.2, -0.15) is 0 Å². The molecule has 0 aliphatic heterocycles. The molecule has 3 unspecified atom stereocenters. The lowest BCUT2D eigenvalue weighted by atomic mass is 9.36. The lowest BCUT2D eigenvalue weighted by molar-refractivity contribution is -0.212. The van der Waals surface area contributed by atoms with E-state index in [-0.39, 0.29) is 52.4 Å². The molecule has 208 valence electrons. The molecule has 4 fully saturated rings. The standard InChI is InChI=1S/C31H45N3O4/c1-17(2)25-21(36)16-31(27(37)33-34-32)15-10-20-19(26(25)31)8-9-23-29(20,6)13-11-22-28(4,5)24(38-18(3)35)12-14-30(22,23)7/h17,19-20,22-24H,8-16H2,1-7H3/t19-,20?,22?,23?,24-,29-,30-,31+/m0/s1. The maximum atomic E-state index is 13.4. The molecule has 8 atom stereocenters. The second-order valence-corrected chi connectivity index (χ2v) is 14.6. The Morgan fingerprint density at radius 1 is 0.974 bits per heavy atom. The third kappa shape index (κ3) is 3.59. The number of carbonyl (C=O) groups excluding carboxylic acids is 3. The molecule has 5 aliphatic carbocycles. The second-order valence-electron chi connectivity index (χ2n) is 14.6. The first-order chi connectivity index (χ1) is 17.7. The van der Waals surface area contributed by atoms with E-state index in [0.29, 0.717) is 24.2 Å². The average Bonchev–Trinajstić information content (AvgIpc) is 3.14. The largest absolute Gasteiger partial charge is 0.462 e. The second kappa shape index (κ2) is 8.94. The summed E-state index contributed by atoms with van der Waals surface area (Å²) in [5.41, 5.74) is 10.3. The van der Waals surface area contributed by atoms with Gasteiger partial charge < -0.3 is 4.74 Å². The van der Waals surface area contributed by atoms with Crippen molar-refractivity contribution in [1.29, 1.82) is 0 Å². The summed E-state index contributed by atoms with van der Waals surface area (Å²) in [6.45, 7) is 15.2. The van der Waals surface area contributed by atoms with Gasteiger partial charge in [-0.05, 0) is 114 Å². The topological polar surface area (TPSA) is 109 Å². The summed E-state index contributed by atoms with van der Waals surface area (Å²) in [6, 6.07) is 0. The highest BCUT2D eigenvalue weighted by molar-refractivity contribution is 6.07. The van der Waals surface area contributed by atoms with Crippen molar-refractivity contribution in [1.82, 2.24) is 0 Å². The number of nitrogens with zero attached hydrogens (tertiary/aromatic N) is 3. The number of Topliss-reactive ketones (excluding diaryl/α,β-unsaturated/α-hetero) is 1. The van der Waals surface area contributed by atoms with Crippen LogP contribution in [0.25, 0.3) is 10.4 Å². The summed E-state index contributed by atoms with van der Waals surface area (Å²) in [5.74, 6) is 1.12. The van der Waals surface area contributed by atoms with E-state index in [4.69, 9.17) is 10.3 Å². The Morgan fingerprint density at radius 3 is 2.29 bits per heavy atom. The molecule has 4 saturated carbocycles. The third-order valence-electron chi connectivity index (χ3n) is 12.4. The zero-order valence-electron chi connectivity index (χ0n) is 24.3. The van der Waals surface area contributed by atoms with E-state index in [1.807, 2.05) is 0 Å². The van der Waals surface area contributed by atoms with Crippen molar-refractivity contribution in [2.24, 2.45) is 56.4 Å². The number of ketones is 1. The van der Waals surface area contributed by atoms with Crippen LogP contribution in [-0.2, 0) is 19.1 Å². The molecule has 0 aromatic carbocycles. The zero-order valence-corrected chi connectivity index (χ0v) is 24.3. The van der Waals surface area contributed by atoms with Crippen molar-refractivity contribution in [2.45, 2.75) is 112 Å². The third-order valence-corrected chi connectivity index (χ3v) is 12.4. The first-order valence-corrected chi connectivity index (χ1v) is 14.8. The van der Waals surface area contributed by atoms with Gasteiger partial charge in [-0.15, -0.1) is 0 Å². The fourth-order valence-electron chi connectivity index (χ4n) is 11.1. The molecule has 1 amide bonds. The Morgan fingerprint density at radius 2 is 1.66 bits per heavy atom. The number of hydrogen-bond donors (Lipinski definition) is 0. The van der Waals surface area contributed by atoms with Crippen molar-refractivity contribution in [3.63, 3.8) is 0 Å². The lowest BCUT2D eigenvalue weighted by Gasteiger charge is -2.68. The van der Waals surface area contributed by atoms with Gasteiger partial charge >= 0.3 is 5.97 Å². The molecule has 7 nitrogen and oxygen atoms in total. The van der Waals surface area contributed by atoms with E-state index < -0.39 is 11.3 Å². The minimum absolute atomic E-state index is 0.0379. The first-order valence-electron chi connectivity index (χ1n) is 14.8. The number of fused-ring (bicyclic) bond motifs is 7. The number of rotatable bonds is 3. The maximum absolute atomic E-state index is 13.4. The van der Waals surface area contributed by atoms with Crippen LogP contribution in [0.1, 0.15) is 106 Å². The van der Waals surface area contributed by atoms with Gasteiger partial charge in [0.1, 0.15) is 6.10 Å². The highest BCUT2D eigenvalue weighted by Crippen LogP contribution is 2.73. The number of carbonyl (C=O) groups is 3. The van der Waals surface area contributed by atoms with Crippen LogP contribution in [0.3, 0.4) is 0 Å². The number of allylic oxidation sites excluding steroid dienone is 1. The van der Waals surface area contributed by atoms with Gasteiger partial charge in [0.15, 0.2) is 5.78 Å². The predicted molar refractivity (Wildman–Crippen MR) is 145 cm³/mol. The summed E-state index contributed by atoms with van der Waals surface area (Å²) in [7, 11) is 0. The Labute approximate surface area is 227 Å². The van der Waals surface area contributed by atoms with Crippen LogP contribution in [0.4, 0.5) is 0 Å². The van der Waals surface area contributed by atoms with Crippen molar-refractivity contribution in [3.8, 4) is 0 Å². The number of amides is 1. The van der Waals surface area contributed by atoms with Gasteiger partial charge in [-0.25, -0.2) is 0 Å². The summed E-state index contributed by atoms with van der Waals surface area (Å²) in [4.78, 5) is 41.4. The molecule has 0 N–H and O–H groups in total. The van der Waals surface area contributed by atoms with E-state index in [9.17, 15) is 14.4 Å². The number of ether oxygens (including phenoxy) is 1. The number of esters is 1. The van der Waals surface area contributed by atoms with Crippen LogP contribution in [-0.4, -0.2) is 23.8 Å².